The van der Waals surface area contributed by atoms with Crippen LogP contribution < -0.4 is 10.6 Å². The third kappa shape index (κ3) is 2.65. The van der Waals surface area contributed by atoms with E-state index in [-0.39, 0.29) is 0 Å². The fourth-order valence-electron chi connectivity index (χ4n) is 3.14. The predicted octanol–water partition coefficient (Wildman–Crippen LogP) is 4.21. The Morgan fingerprint density at radius 1 is 1.08 bits per heavy atom. The van der Waals surface area contributed by atoms with Gasteiger partial charge >= 0.3 is 0 Å². The lowest BCUT2D eigenvalue weighted by molar-refractivity contribution is 0.445. The number of nitrogens with zero attached hydrogens (tertiary/aromatic N) is 3. The van der Waals surface area contributed by atoms with E-state index in [4.69, 9.17) is 4.98 Å². The first-order valence-corrected chi connectivity index (χ1v) is 8.59. The van der Waals surface area contributed by atoms with E-state index < -0.39 is 0 Å². The van der Waals surface area contributed by atoms with Gasteiger partial charge in [-0.05, 0) is 49.6 Å². The molecule has 1 fully saturated rings. The van der Waals surface area contributed by atoms with Crippen LogP contribution in [0.3, 0.4) is 0 Å². The molecular weight excluding hydrogens is 312 g/mol. The number of aromatic nitrogens is 4. The molecule has 5 rings (SSSR count). The summed E-state index contributed by atoms with van der Waals surface area (Å²) in [5, 5.41) is 8.97. The Bertz CT molecular complexity index is 1050. The smallest absolute Gasteiger partial charge is 0.231 e. The number of benzene rings is 1. The zero-order valence-electron chi connectivity index (χ0n) is 13.7. The maximum atomic E-state index is 4.70. The SMILES string of the molecule is c1cnc2ccc(Nc3nc(NC4CCC4)c4cc[nH]c4n3)cc2c1. The summed E-state index contributed by atoms with van der Waals surface area (Å²) < 4.78 is 0. The van der Waals surface area contributed by atoms with Crippen LogP contribution in [-0.2, 0) is 0 Å². The molecule has 3 heterocycles. The summed E-state index contributed by atoms with van der Waals surface area (Å²) in [4.78, 5) is 16.8. The Morgan fingerprint density at radius 3 is 2.92 bits per heavy atom. The van der Waals surface area contributed by atoms with E-state index in [0.29, 0.717) is 12.0 Å². The van der Waals surface area contributed by atoms with Crippen LogP contribution in [0, 0.1) is 0 Å². The minimum Gasteiger partial charge on any atom is -0.367 e. The molecule has 6 heteroatoms. The van der Waals surface area contributed by atoms with E-state index in [0.717, 1.165) is 33.4 Å². The molecule has 1 aromatic carbocycles. The first kappa shape index (κ1) is 14.2. The molecule has 0 amide bonds. The third-order valence-electron chi connectivity index (χ3n) is 4.72. The fraction of sp³-hybridized carbons (Fsp3) is 0.211. The molecule has 3 aromatic heterocycles. The van der Waals surface area contributed by atoms with Gasteiger partial charge in [-0.25, -0.2) is 0 Å². The second-order valence-electron chi connectivity index (χ2n) is 6.44. The topological polar surface area (TPSA) is 78.5 Å². The zero-order chi connectivity index (χ0) is 16.6. The first-order valence-electron chi connectivity index (χ1n) is 8.59. The van der Waals surface area contributed by atoms with Crippen molar-refractivity contribution in [3.05, 3.63) is 48.8 Å². The van der Waals surface area contributed by atoms with Gasteiger partial charge in [-0.1, -0.05) is 6.07 Å². The molecular formula is C19H18N6. The van der Waals surface area contributed by atoms with Crippen molar-refractivity contribution in [3.63, 3.8) is 0 Å². The van der Waals surface area contributed by atoms with Gasteiger partial charge in [0.05, 0.1) is 10.9 Å². The summed E-state index contributed by atoms with van der Waals surface area (Å²) in [5.41, 5.74) is 2.75. The highest BCUT2D eigenvalue weighted by Gasteiger charge is 2.19. The van der Waals surface area contributed by atoms with Crippen LogP contribution in [-0.4, -0.2) is 26.0 Å². The van der Waals surface area contributed by atoms with Crippen molar-refractivity contribution in [2.24, 2.45) is 0 Å². The van der Waals surface area contributed by atoms with E-state index in [1.165, 1.54) is 19.3 Å². The highest BCUT2D eigenvalue weighted by atomic mass is 15.2. The van der Waals surface area contributed by atoms with Crippen molar-refractivity contribution in [3.8, 4) is 0 Å². The van der Waals surface area contributed by atoms with Crippen molar-refractivity contribution in [1.82, 2.24) is 19.9 Å². The molecule has 0 bridgehead atoms. The minimum atomic E-state index is 0.521. The molecule has 124 valence electrons. The lowest BCUT2D eigenvalue weighted by Crippen LogP contribution is -2.27. The average Bonchev–Trinajstić information content (AvgIpc) is 3.06. The van der Waals surface area contributed by atoms with Crippen LogP contribution in [0.4, 0.5) is 17.5 Å². The van der Waals surface area contributed by atoms with Gasteiger partial charge in [0.25, 0.3) is 0 Å². The quantitative estimate of drug-likeness (QED) is 0.522. The van der Waals surface area contributed by atoms with Gasteiger partial charge in [-0.15, -0.1) is 0 Å². The van der Waals surface area contributed by atoms with Crippen LogP contribution in [0.1, 0.15) is 19.3 Å². The average molecular weight is 330 g/mol. The molecule has 6 nitrogen and oxygen atoms in total. The normalized spacial score (nSPS) is 14.6. The molecule has 4 aromatic rings. The Hall–Kier alpha value is -3.15. The van der Waals surface area contributed by atoms with Crippen molar-refractivity contribution < 1.29 is 0 Å². The maximum absolute atomic E-state index is 4.70. The Labute approximate surface area is 144 Å². The highest BCUT2D eigenvalue weighted by molar-refractivity contribution is 5.89. The van der Waals surface area contributed by atoms with Crippen LogP contribution in [0.5, 0.6) is 0 Å². The zero-order valence-corrected chi connectivity index (χ0v) is 13.7. The van der Waals surface area contributed by atoms with Crippen LogP contribution >= 0.6 is 0 Å². The second kappa shape index (κ2) is 5.73. The summed E-state index contributed by atoms with van der Waals surface area (Å²) >= 11 is 0. The number of aromatic amines is 1. The van der Waals surface area contributed by atoms with Gasteiger partial charge in [0.2, 0.25) is 5.95 Å². The molecule has 25 heavy (non-hydrogen) atoms. The second-order valence-corrected chi connectivity index (χ2v) is 6.44. The largest absolute Gasteiger partial charge is 0.367 e. The van der Waals surface area contributed by atoms with Crippen molar-refractivity contribution in [1.29, 1.82) is 0 Å². The lowest BCUT2D eigenvalue weighted by Gasteiger charge is -2.27. The molecule has 3 N–H and O–H groups in total. The van der Waals surface area contributed by atoms with E-state index in [2.05, 4.69) is 31.7 Å². The number of anilines is 3. The minimum absolute atomic E-state index is 0.521. The molecule has 0 unspecified atom stereocenters. The fourth-order valence-corrected chi connectivity index (χ4v) is 3.14. The molecule has 0 spiro atoms. The summed E-state index contributed by atoms with van der Waals surface area (Å²) in [6.45, 7) is 0. The van der Waals surface area contributed by atoms with E-state index in [1.807, 2.05) is 36.5 Å². The number of rotatable bonds is 4. The standard InChI is InChI=1S/C19H18N6/c1-4-13(5-1)22-18-15-8-10-21-17(15)24-19(25-18)23-14-6-7-16-12(11-14)3-2-9-20-16/h2-3,6-11,13H,1,4-5H2,(H3,21,22,23,24,25). The molecule has 0 saturated heterocycles. The lowest BCUT2D eigenvalue weighted by atomic mass is 9.93. The van der Waals surface area contributed by atoms with Gasteiger partial charge in [0.1, 0.15) is 11.5 Å². The summed E-state index contributed by atoms with van der Waals surface area (Å²) in [6, 6.07) is 12.6. The van der Waals surface area contributed by atoms with Gasteiger partial charge in [-0.2, -0.15) is 9.97 Å². The third-order valence-corrected chi connectivity index (χ3v) is 4.72. The van der Waals surface area contributed by atoms with E-state index in [9.17, 15) is 0 Å². The van der Waals surface area contributed by atoms with E-state index >= 15 is 0 Å². The molecule has 1 aliphatic rings. The Kier molecular flexibility index (Phi) is 3.26. The number of fused-ring (bicyclic) bond motifs is 2. The van der Waals surface area contributed by atoms with E-state index in [1.54, 1.807) is 6.20 Å². The van der Waals surface area contributed by atoms with Crippen LogP contribution in [0.15, 0.2) is 48.8 Å². The number of hydrogen-bond donors (Lipinski definition) is 3. The van der Waals surface area contributed by atoms with Gasteiger partial charge in [0.15, 0.2) is 0 Å². The highest BCUT2D eigenvalue weighted by Crippen LogP contribution is 2.28. The van der Waals surface area contributed by atoms with Crippen LogP contribution in [0.2, 0.25) is 0 Å². The number of hydrogen-bond acceptors (Lipinski definition) is 5. The summed E-state index contributed by atoms with van der Waals surface area (Å²) in [6.07, 6.45) is 7.40. The number of pyridine rings is 1. The first-order chi connectivity index (χ1) is 12.3. The summed E-state index contributed by atoms with van der Waals surface area (Å²) in [5.74, 6) is 1.47. The summed E-state index contributed by atoms with van der Waals surface area (Å²) in [7, 11) is 0. The molecule has 1 saturated carbocycles. The molecule has 0 radical (unpaired) electrons. The van der Waals surface area contributed by atoms with Crippen molar-refractivity contribution >= 4 is 39.4 Å². The monoisotopic (exact) mass is 330 g/mol. The van der Waals surface area contributed by atoms with Gasteiger partial charge < -0.3 is 15.6 Å². The van der Waals surface area contributed by atoms with Crippen LogP contribution in [0.25, 0.3) is 21.9 Å². The number of H-pyrrole nitrogens is 1. The molecule has 0 atom stereocenters. The molecule has 0 aliphatic heterocycles. The molecule has 1 aliphatic carbocycles. The Balaban J connectivity index is 1.50. The Morgan fingerprint density at radius 2 is 2.04 bits per heavy atom. The van der Waals surface area contributed by atoms with Crippen molar-refractivity contribution in [2.45, 2.75) is 25.3 Å². The van der Waals surface area contributed by atoms with Crippen molar-refractivity contribution in [2.75, 3.05) is 10.6 Å². The number of nitrogens with one attached hydrogen (secondary N) is 3. The maximum Gasteiger partial charge on any atom is 0.231 e. The predicted molar refractivity (Wildman–Crippen MR) is 100 cm³/mol. The van der Waals surface area contributed by atoms with Gasteiger partial charge in [0, 0.05) is 29.5 Å². The van der Waals surface area contributed by atoms with Gasteiger partial charge in [-0.3, -0.25) is 4.98 Å².